The predicted octanol–water partition coefficient (Wildman–Crippen LogP) is 1.94. The molecule has 4 rings (SSSR count). The number of hydrazone groups is 1. The third kappa shape index (κ3) is 4.05. The van der Waals surface area contributed by atoms with Crippen LogP contribution in [0.3, 0.4) is 0 Å². The molecule has 0 unspecified atom stereocenters. The number of nitrogens with two attached hydrogens (primary N) is 1. The molecule has 1 amide bonds. The largest absolute Gasteiger partial charge is 0.369 e. The average molecular weight is 403 g/mol. The molecule has 0 bridgehead atoms. The molecular weight excluding hydrogens is 382 g/mol. The Balaban J connectivity index is 1.71. The van der Waals surface area contributed by atoms with E-state index in [0.29, 0.717) is 36.7 Å². The number of benzene rings is 1. The van der Waals surface area contributed by atoms with Crippen molar-refractivity contribution in [2.45, 2.75) is 32.1 Å². The Morgan fingerprint density at radius 1 is 1.37 bits per heavy atom. The van der Waals surface area contributed by atoms with Crippen LogP contribution in [0.4, 0.5) is 17.3 Å². The number of nitrogens with one attached hydrogen (secondary N) is 1. The first-order valence-corrected chi connectivity index (χ1v) is 9.70. The average Bonchev–Trinajstić information content (AvgIpc) is 3.34. The quantitative estimate of drug-likeness (QED) is 0.333. The Morgan fingerprint density at radius 3 is 3.07 bits per heavy atom. The number of nitriles is 1. The lowest BCUT2D eigenvalue weighted by molar-refractivity contribution is -0.116. The summed E-state index contributed by atoms with van der Waals surface area (Å²) in [5, 5.41) is 17.4. The molecule has 3 aromatic rings. The number of rotatable bonds is 8. The number of nitrogens with zero attached hydrogens (tertiary/aromatic N) is 7. The van der Waals surface area contributed by atoms with Crippen LogP contribution in [0.2, 0.25) is 0 Å². The van der Waals surface area contributed by atoms with Crippen molar-refractivity contribution in [1.82, 2.24) is 19.6 Å². The van der Waals surface area contributed by atoms with Gasteiger partial charge in [-0.1, -0.05) is 18.2 Å². The number of aromatic nitrogens is 4. The van der Waals surface area contributed by atoms with E-state index >= 15 is 0 Å². The van der Waals surface area contributed by atoms with E-state index in [1.165, 1.54) is 11.8 Å². The van der Waals surface area contributed by atoms with Gasteiger partial charge in [-0.15, -0.1) is 5.10 Å². The zero-order valence-electron chi connectivity index (χ0n) is 16.3. The molecule has 0 spiro atoms. The maximum Gasteiger partial charge on any atom is 0.256 e. The number of para-hydroxylation sites is 1. The van der Waals surface area contributed by atoms with Gasteiger partial charge in [-0.3, -0.25) is 10.2 Å². The summed E-state index contributed by atoms with van der Waals surface area (Å²) < 4.78 is 1.72. The Morgan fingerprint density at radius 2 is 2.23 bits per heavy atom. The highest BCUT2D eigenvalue weighted by atomic mass is 16.1. The summed E-state index contributed by atoms with van der Waals surface area (Å²) in [4.78, 5) is 22.1. The molecule has 0 atom stereocenters. The number of anilines is 3. The normalized spacial score (nSPS) is 13.0. The first kappa shape index (κ1) is 19.3. The predicted molar refractivity (Wildman–Crippen MR) is 112 cm³/mol. The van der Waals surface area contributed by atoms with Gasteiger partial charge in [-0.2, -0.15) is 24.8 Å². The number of amides is 1. The fraction of sp³-hybridized carbons (Fsp3) is 0.300. The molecule has 30 heavy (non-hydrogen) atoms. The van der Waals surface area contributed by atoms with Gasteiger partial charge in [0.25, 0.3) is 5.78 Å². The minimum Gasteiger partial charge on any atom is -0.369 e. The SMILES string of the molecule is N#CCCCc1nc2nc(N/N=C/CC(N)=O)cc(N3CCc4ccccc43)n2n1. The van der Waals surface area contributed by atoms with Crippen LogP contribution in [0.25, 0.3) is 5.78 Å². The maximum atomic E-state index is 10.9. The van der Waals surface area contributed by atoms with Gasteiger partial charge < -0.3 is 10.6 Å². The summed E-state index contributed by atoms with van der Waals surface area (Å²) in [6.07, 6.45) is 4.12. The maximum absolute atomic E-state index is 10.9. The van der Waals surface area contributed by atoms with Crippen molar-refractivity contribution in [3.8, 4) is 6.07 Å². The lowest BCUT2D eigenvalue weighted by Crippen LogP contribution is -2.18. The third-order valence-corrected chi connectivity index (χ3v) is 4.75. The first-order valence-electron chi connectivity index (χ1n) is 9.70. The summed E-state index contributed by atoms with van der Waals surface area (Å²) in [6.45, 7) is 0.812. The van der Waals surface area contributed by atoms with Gasteiger partial charge >= 0.3 is 0 Å². The van der Waals surface area contributed by atoms with Gasteiger partial charge in [0.1, 0.15) is 5.82 Å². The molecule has 1 aliphatic rings. The van der Waals surface area contributed by atoms with Crippen molar-refractivity contribution in [1.29, 1.82) is 5.26 Å². The number of hydrogen-bond donors (Lipinski definition) is 2. The Kier molecular flexibility index (Phi) is 5.52. The van der Waals surface area contributed by atoms with Gasteiger partial charge in [0.15, 0.2) is 11.6 Å². The summed E-state index contributed by atoms with van der Waals surface area (Å²) in [5.74, 6) is 1.92. The molecule has 10 heteroatoms. The van der Waals surface area contributed by atoms with Crippen LogP contribution in [-0.2, 0) is 17.6 Å². The van der Waals surface area contributed by atoms with Crippen LogP contribution in [-0.4, -0.2) is 38.2 Å². The second-order valence-electron chi connectivity index (χ2n) is 6.88. The zero-order chi connectivity index (χ0) is 20.9. The van der Waals surface area contributed by atoms with E-state index in [1.807, 2.05) is 18.2 Å². The van der Waals surface area contributed by atoms with Gasteiger partial charge in [0, 0.05) is 37.4 Å². The monoisotopic (exact) mass is 403 g/mol. The van der Waals surface area contributed by atoms with Crippen molar-refractivity contribution in [2.75, 3.05) is 16.9 Å². The molecule has 0 saturated heterocycles. The molecule has 3 N–H and O–H groups in total. The Hall–Kier alpha value is -4.00. The number of fused-ring (bicyclic) bond motifs is 2. The Bertz CT molecular complexity index is 1140. The minimum atomic E-state index is -0.460. The van der Waals surface area contributed by atoms with E-state index < -0.39 is 5.91 Å². The van der Waals surface area contributed by atoms with Crippen molar-refractivity contribution in [3.63, 3.8) is 0 Å². The lowest BCUT2D eigenvalue weighted by atomic mass is 10.2. The van der Waals surface area contributed by atoms with Crippen LogP contribution in [0.5, 0.6) is 0 Å². The Labute approximate surface area is 173 Å². The second-order valence-corrected chi connectivity index (χ2v) is 6.88. The summed E-state index contributed by atoms with van der Waals surface area (Å²) in [7, 11) is 0. The van der Waals surface area contributed by atoms with Crippen LogP contribution in [0.15, 0.2) is 35.4 Å². The summed E-state index contributed by atoms with van der Waals surface area (Å²) in [5.41, 5.74) is 10.4. The fourth-order valence-electron chi connectivity index (χ4n) is 3.40. The van der Waals surface area contributed by atoms with Gasteiger partial charge in [-0.05, 0) is 24.5 Å². The third-order valence-electron chi connectivity index (χ3n) is 4.75. The lowest BCUT2D eigenvalue weighted by Gasteiger charge is -2.20. The van der Waals surface area contributed by atoms with Crippen molar-refractivity contribution in [3.05, 3.63) is 41.7 Å². The number of carbonyl (C=O) groups excluding carboxylic acids is 1. The van der Waals surface area contributed by atoms with Crippen molar-refractivity contribution in [2.24, 2.45) is 10.8 Å². The fourth-order valence-corrected chi connectivity index (χ4v) is 3.40. The molecule has 0 fully saturated rings. The molecule has 0 radical (unpaired) electrons. The van der Waals surface area contributed by atoms with E-state index in [4.69, 9.17) is 11.0 Å². The zero-order valence-corrected chi connectivity index (χ0v) is 16.3. The minimum absolute atomic E-state index is 0.0373. The van der Waals surface area contributed by atoms with E-state index in [0.717, 1.165) is 24.5 Å². The molecular formula is C20H21N9O. The van der Waals surface area contributed by atoms with Crippen LogP contribution >= 0.6 is 0 Å². The highest BCUT2D eigenvalue weighted by molar-refractivity contribution is 5.88. The van der Waals surface area contributed by atoms with Crippen molar-refractivity contribution < 1.29 is 4.79 Å². The smallest absolute Gasteiger partial charge is 0.256 e. The highest BCUT2D eigenvalue weighted by Crippen LogP contribution is 2.35. The summed E-state index contributed by atoms with van der Waals surface area (Å²) >= 11 is 0. The van der Waals surface area contributed by atoms with Gasteiger partial charge in [-0.25, -0.2) is 0 Å². The first-order chi connectivity index (χ1) is 14.7. The molecule has 1 aliphatic heterocycles. The van der Waals surface area contributed by atoms with Crippen LogP contribution in [0.1, 0.15) is 30.7 Å². The number of hydrogen-bond acceptors (Lipinski definition) is 8. The number of primary amides is 1. The number of carbonyl (C=O) groups is 1. The van der Waals surface area contributed by atoms with Crippen LogP contribution in [0, 0.1) is 11.3 Å². The van der Waals surface area contributed by atoms with Crippen LogP contribution < -0.4 is 16.1 Å². The molecule has 2 aromatic heterocycles. The molecule has 1 aromatic carbocycles. The molecule has 3 heterocycles. The van der Waals surface area contributed by atoms with Gasteiger partial charge in [0.05, 0.1) is 12.5 Å². The molecule has 10 nitrogen and oxygen atoms in total. The molecule has 0 aliphatic carbocycles. The molecule has 0 saturated carbocycles. The molecule has 152 valence electrons. The summed E-state index contributed by atoms with van der Waals surface area (Å²) in [6, 6.07) is 12.2. The van der Waals surface area contributed by atoms with E-state index in [-0.39, 0.29) is 6.42 Å². The van der Waals surface area contributed by atoms with Gasteiger partial charge in [0.2, 0.25) is 5.91 Å². The van der Waals surface area contributed by atoms with E-state index in [2.05, 4.69) is 48.7 Å². The van der Waals surface area contributed by atoms with E-state index in [9.17, 15) is 4.79 Å². The highest BCUT2D eigenvalue weighted by Gasteiger charge is 2.24. The van der Waals surface area contributed by atoms with Crippen molar-refractivity contribution >= 4 is 35.2 Å². The second kappa shape index (κ2) is 8.57. The number of unbranched alkanes of at least 4 members (excludes halogenated alkanes) is 1. The number of aryl methyl sites for hydroxylation is 1. The van der Waals surface area contributed by atoms with E-state index in [1.54, 1.807) is 4.52 Å². The standard InChI is InChI=1S/C20H21N9O/c21-10-4-3-7-17-24-20-25-18(26-23-11-8-16(22)30)13-19(29(20)27-17)28-12-9-14-5-1-2-6-15(14)28/h1-2,5-6,11,13H,3-4,7-9,12H2,(H2,22,30)(H,24,25,26,27)/b23-11+. The topological polar surface area (TPSA) is 138 Å².